The summed E-state index contributed by atoms with van der Waals surface area (Å²) in [5.74, 6) is 1.10. The zero-order valence-electron chi connectivity index (χ0n) is 9.36. The first-order valence-corrected chi connectivity index (χ1v) is 5.32. The van der Waals surface area contributed by atoms with Crippen LogP contribution in [0.15, 0.2) is 10.7 Å². The molecule has 0 spiro atoms. The van der Waals surface area contributed by atoms with E-state index in [1.807, 2.05) is 4.90 Å². The van der Waals surface area contributed by atoms with Crippen LogP contribution in [0, 0.1) is 12.8 Å². The Balaban J connectivity index is 2.15. The smallest absolute Gasteiger partial charge is 0.276 e. The summed E-state index contributed by atoms with van der Waals surface area (Å²) in [5, 5.41) is 0. The summed E-state index contributed by atoms with van der Waals surface area (Å²) in [7, 11) is 0. The number of hydrogen-bond acceptors (Lipinski definition) is 3. The molecule has 0 aromatic carbocycles. The Morgan fingerprint density at radius 2 is 2.33 bits per heavy atom. The molecular formula is C11H16N2O2. The van der Waals surface area contributed by atoms with Gasteiger partial charge in [0.2, 0.25) is 0 Å². The normalized spacial score (nSPS) is 25.9. The van der Waals surface area contributed by atoms with E-state index in [1.54, 1.807) is 6.92 Å². The highest BCUT2D eigenvalue weighted by Crippen LogP contribution is 2.24. The van der Waals surface area contributed by atoms with Gasteiger partial charge in [-0.05, 0) is 19.3 Å². The SMILES string of the molecule is Cc1nc(C(=O)N2CCC(C)C2C)co1. The van der Waals surface area contributed by atoms with E-state index in [9.17, 15) is 4.79 Å². The van der Waals surface area contributed by atoms with Crippen molar-refractivity contribution < 1.29 is 9.21 Å². The molecule has 4 heteroatoms. The zero-order chi connectivity index (χ0) is 11.0. The zero-order valence-corrected chi connectivity index (χ0v) is 9.36. The van der Waals surface area contributed by atoms with Crippen LogP contribution in [0.3, 0.4) is 0 Å². The van der Waals surface area contributed by atoms with E-state index in [4.69, 9.17) is 4.42 Å². The Morgan fingerprint density at radius 3 is 2.80 bits per heavy atom. The van der Waals surface area contributed by atoms with Gasteiger partial charge in [-0.25, -0.2) is 4.98 Å². The summed E-state index contributed by atoms with van der Waals surface area (Å²) in [6.45, 7) is 6.83. The van der Waals surface area contributed by atoms with E-state index in [1.165, 1.54) is 6.26 Å². The Labute approximate surface area is 89.3 Å². The van der Waals surface area contributed by atoms with E-state index in [-0.39, 0.29) is 5.91 Å². The first-order valence-electron chi connectivity index (χ1n) is 5.32. The molecule has 1 fully saturated rings. The Kier molecular flexibility index (Phi) is 2.50. The second-order valence-corrected chi connectivity index (χ2v) is 4.26. The standard InChI is InChI=1S/C11H16N2O2/c1-7-4-5-13(8(7)2)11(14)10-6-15-9(3)12-10/h6-8H,4-5H2,1-3H3. The second-order valence-electron chi connectivity index (χ2n) is 4.26. The number of aryl methyl sites for hydroxylation is 1. The Hall–Kier alpha value is -1.32. The fourth-order valence-electron chi connectivity index (χ4n) is 1.99. The largest absolute Gasteiger partial charge is 0.448 e. The van der Waals surface area contributed by atoms with Crippen LogP contribution in [0.25, 0.3) is 0 Å². The van der Waals surface area contributed by atoms with Gasteiger partial charge < -0.3 is 9.32 Å². The highest BCUT2D eigenvalue weighted by molar-refractivity contribution is 5.92. The molecule has 2 unspecified atom stereocenters. The molecule has 0 radical (unpaired) electrons. The molecule has 1 aromatic heterocycles. The molecular weight excluding hydrogens is 192 g/mol. The van der Waals surface area contributed by atoms with Crippen molar-refractivity contribution in [3.8, 4) is 0 Å². The molecule has 15 heavy (non-hydrogen) atoms. The van der Waals surface area contributed by atoms with Gasteiger partial charge in [-0.1, -0.05) is 6.92 Å². The summed E-state index contributed by atoms with van der Waals surface area (Å²) < 4.78 is 5.05. The van der Waals surface area contributed by atoms with Crippen molar-refractivity contribution in [2.24, 2.45) is 5.92 Å². The lowest BCUT2D eigenvalue weighted by Crippen LogP contribution is -2.35. The number of rotatable bonds is 1. The Bertz CT molecular complexity index is 372. The average molecular weight is 208 g/mol. The molecule has 0 aliphatic carbocycles. The summed E-state index contributed by atoms with van der Waals surface area (Å²) in [4.78, 5) is 18.0. The minimum atomic E-state index is -0.0105. The summed E-state index contributed by atoms with van der Waals surface area (Å²) in [6.07, 6.45) is 2.51. The maximum Gasteiger partial charge on any atom is 0.276 e. The van der Waals surface area contributed by atoms with E-state index in [2.05, 4.69) is 18.8 Å². The second kappa shape index (κ2) is 3.68. The topological polar surface area (TPSA) is 46.3 Å². The van der Waals surface area contributed by atoms with Gasteiger partial charge in [0.25, 0.3) is 5.91 Å². The molecule has 4 nitrogen and oxygen atoms in total. The first-order chi connectivity index (χ1) is 7.09. The highest BCUT2D eigenvalue weighted by atomic mass is 16.3. The third-order valence-corrected chi connectivity index (χ3v) is 3.24. The van der Waals surface area contributed by atoms with Crippen molar-refractivity contribution in [2.45, 2.75) is 33.2 Å². The molecule has 2 heterocycles. The number of aromatic nitrogens is 1. The first kappa shape index (κ1) is 10.2. The number of hydrogen-bond donors (Lipinski definition) is 0. The van der Waals surface area contributed by atoms with Crippen molar-refractivity contribution in [1.29, 1.82) is 0 Å². The summed E-state index contributed by atoms with van der Waals surface area (Å²) in [5.41, 5.74) is 0.424. The minimum absolute atomic E-state index is 0.0105. The molecule has 1 aliphatic heterocycles. The molecule has 1 aliphatic rings. The monoisotopic (exact) mass is 208 g/mol. The van der Waals surface area contributed by atoms with Gasteiger partial charge in [0, 0.05) is 19.5 Å². The van der Waals surface area contributed by atoms with Crippen LogP contribution < -0.4 is 0 Å². The maximum atomic E-state index is 12.0. The third kappa shape index (κ3) is 1.76. The van der Waals surface area contributed by atoms with Crippen molar-refractivity contribution in [2.75, 3.05) is 6.54 Å². The maximum absolute atomic E-state index is 12.0. The Morgan fingerprint density at radius 1 is 1.60 bits per heavy atom. The molecule has 1 amide bonds. The minimum Gasteiger partial charge on any atom is -0.448 e. The summed E-state index contributed by atoms with van der Waals surface area (Å²) >= 11 is 0. The van der Waals surface area contributed by atoms with E-state index in [0.717, 1.165) is 13.0 Å². The van der Waals surface area contributed by atoms with Crippen molar-refractivity contribution in [3.05, 3.63) is 17.8 Å². The van der Waals surface area contributed by atoms with Gasteiger partial charge in [-0.2, -0.15) is 0 Å². The van der Waals surface area contributed by atoms with Crippen LogP contribution in [0.4, 0.5) is 0 Å². The lowest BCUT2D eigenvalue weighted by molar-refractivity contribution is 0.0729. The van der Waals surface area contributed by atoms with Gasteiger partial charge >= 0.3 is 0 Å². The highest BCUT2D eigenvalue weighted by Gasteiger charge is 2.32. The van der Waals surface area contributed by atoms with Gasteiger partial charge in [-0.15, -0.1) is 0 Å². The van der Waals surface area contributed by atoms with Crippen molar-refractivity contribution in [1.82, 2.24) is 9.88 Å². The predicted octanol–water partition coefficient (Wildman–Crippen LogP) is 1.85. The van der Waals surface area contributed by atoms with Crippen LogP contribution in [-0.4, -0.2) is 28.4 Å². The molecule has 82 valence electrons. The molecule has 0 saturated carbocycles. The quantitative estimate of drug-likeness (QED) is 0.707. The van der Waals surface area contributed by atoms with E-state index in [0.29, 0.717) is 23.5 Å². The molecule has 2 rings (SSSR count). The molecule has 0 N–H and O–H groups in total. The number of amides is 1. The van der Waals surface area contributed by atoms with Crippen molar-refractivity contribution in [3.63, 3.8) is 0 Å². The lowest BCUT2D eigenvalue weighted by atomic mass is 10.1. The van der Waals surface area contributed by atoms with Gasteiger partial charge in [0.15, 0.2) is 11.6 Å². The molecule has 2 atom stereocenters. The van der Waals surface area contributed by atoms with Crippen molar-refractivity contribution >= 4 is 5.91 Å². The predicted molar refractivity (Wildman–Crippen MR) is 55.5 cm³/mol. The lowest BCUT2D eigenvalue weighted by Gasteiger charge is -2.22. The van der Waals surface area contributed by atoms with Crippen LogP contribution in [0.2, 0.25) is 0 Å². The van der Waals surface area contributed by atoms with Crippen LogP contribution in [-0.2, 0) is 0 Å². The third-order valence-electron chi connectivity index (χ3n) is 3.24. The van der Waals surface area contributed by atoms with Gasteiger partial charge in [-0.3, -0.25) is 4.79 Å². The number of oxazole rings is 1. The molecule has 1 saturated heterocycles. The van der Waals surface area contributed by atoms with E-state index >= 15 is 0 Å². The number of nitrogens with zero attached hydrogens (tertiary/aromatic N) is 2. The van der Waals surface area contributed by atoms with E-state index < -0.39 is 0 Å². The van der Waals surface area contributed by atoms with Crippen LogP contribution in [0.1, 0.15) is 36.6 Å². The van der Waals surface area contributed by atoms with Crippen LogP contribution >= 0.6 is 0 Å². The fraction of sp³-hybridized carbons (Fsp3) is 0.636. The summed E-state index contributed by atoms with van der Waals surface area (Å²) in [6, 6.07) is 0.300. The molecule has 0 bridgehead atoms. The van der Waals surface area contributed by atoms with Gasteiger partial charge in [0.05, 0.1) is 0 Å². The van der Waals surface area contributed by atoms with Gasteiger partial charge in [0.1, 0.15) is 6.26 Å². The number of carbonyl (C=O) groups excluding carboxylic acids is 1. The number of carbonyl (C=O) groups is 1. The number of likely N-dealkylation sites (tertiary alicyclic amines) is 1. The van der Waals surface area contributed by atoms with Crippen LogP contribution in [0.5, 0.6) is 0 Å². The molecule has 1 aromatic rings. The average Bonchev–Trinajstić information content (AvgIpc) is 2.75. The fourth-order valence-corrected chi connectivity index (χ4v) is 1.99.